The molecule has 0 atom stereocenters. The highest BCUT2D eigenvalue weighted by Gasteiger charge is 2.17. The average molecular weight is 328 g/mol. The van der Waals surface area contributed by atoms with Gasteiger partial charge in [-0.3, -0.25) is 0 Å². The fourth-order valence-electron chi connectivity index (χ4n) is 2.68. The Morgan fingerprint density at radius 2 is 1.58 bits per heavy atom. The first kappa shape index (κ1) is 18.3. The standard InChI is InChI=1S/C21H28O3/c1-3-5-9-15-23-20-18-12-8-7-11-17(18)13-14-19(20)21(22)24-16-10-6-4-2/h7-8,11-14H,3-6,9-10,15-16H2,1-2H3. The van der Waals surface area contributed by atoms with Crippen molar-refractivity contribution >= 4 is 16.7 Å². The van der Waals surface area contributed by atoms with Crippen LogP contribution in [0.25, 0.3) is 10.8 Å². The maximum absolute atomic E-state index is 12.5. The van der Waals surface area contributed by atoms with E-state index in [0.717, 1.165) is 49.3 Å². The molecule has 0 unspecified atom stereocenters. The molecule has 0 N–H and O–H groups in total. The molecule has 3 heteroatoms. The monoisotopic (exact) mass is 328 g/mol. The van der Waals surface area contributed by atoms with Gasteiger partial charge in [-0.05, 0) is 24.3 Å². The van der Waals surface area contributed by atoms with Gasteiger partial charge in [-0.1, -0.05) is 69.9 Å². The van der Waals surface area contributed by atoms with Gasteiger partial charge in [-0.15, -0.1) is 0 Å². The summed E-state index contributed by atoms with van der Waals surface area (Å²) in [5.74, 6) is 0.368. The second-order valence-electron chi connectivity index (χ2n) is 6.06. The van der Waals surface area contributed by atoms with Crippen LogP contribution in [0.4, 0.5) is 0 Å². The number of esters is 1. The van der Waals surface area contributed by atoms with Crippen LogP contribution in [0.15, 0.2) is 36.4 Å². The maximum Gasteiger partial charge on any atom is 0.341 e. The maximum atomic E-state index is 12.5. The Morgan fingerprint density at radius 3 is 2.33 bits per heavy atom. The van der Waals surface area contributed by atoms with Gasteiger partial charge < -0.3 is 9.47 Å². The summed E-state index contributed by atoms with van der Waals surface area (Å²) in [6.07, 6.45) is 6.35. The van der Waals surface area contributed by atoms with Crippen molar-refractivity contribution in [3.8, 4) is 5.75 Å². The van der Waals surface area contributed by atoms with Gasteiger partial charge in [0.05, 0.1) is 13.2 Å². The van der Waals surface area contributed by atoms with Gasteiger partial charge in [0.1, 0.15) is 11.3 Å². The topological polar surface area (TPSA) is 35.5 Å². The highest BCUT2D eigenvalue weighted by atomic mass is 16.5. The molecule has 0 aliphatic rings. The first-order valence-electron chi connectivity index (χ1n) is 9.09. The Bertz CT molecular complexity index is 649. The van der Waals surface area contributed by atoms with Crippen LogP contribution in [0.3, 0.4) is 0 Å². The SMILES string of the molecule is CCCCCOC(=O)c1ccc2ccccc2c1OCCCCC. The summed E-state index contributed by atoms with van der Waals surface area (Å²) in [6.45, 7) is 5.39. The van der Waals surface area contributed by atoms with E-state index in [4.69, 9.17) is 9.47 Å². The molecule has 130 valence electrons. The largest absolute Gasteiger partial charge is 0.492 e. The molecule has 0 fully saturated rings. The minimum absolute atomic E-state index is 0.289. The van der Waals surface area contributed by atoms with Crippen LogP contribution in [0.2, 0.25) is 0 Å². The first-order chi connectivity index (χ1) is 11.8. The van der Waals surface area contributed by atoms with Crippen molar-refractivity contribution in [3.63, 3.8) is 0 Å². The van der Waals surface area contributed by atoms with Gasteiger partial charge in [0.15, 0.2) is 0 Å². The lowest BCUT2D eigenvalue weighted by atomic mass is 10.1. The number of carbonyl (C=O) groups excluding carboxylic acids is 1. The lowest BCUT2D eigenvalue weighted by Crippen LogP contribution is -2.10. The molecule has 2 rings (SSSR count). The fraction of sp³-hybridized carbons (Fsp3) is 0.476. The van der Waals surface area contributed by atoms with Crippen LogP contribution in [0.5, 0.6) is 5.75 Å². The third-order valence-electron chi connectivity index (χ3n) is 4.07. The Kier molecular flexibility index (Phi) is 7.60. The molecule has 2 aromatic rings. The van der Waals surface area contributed by atoms with E-state index in [2.05, 4.69) is 13.8 Å². The van der Waals surface area contributed by atoms with Crippen molar-refractivity contribution in [2.45, 2.75) is 52.4 Å². The first-order valence-corrected chi connectivity index (χ1v) is 9.09. The third kappa shape index (κ3) is 4.98. The zero-order valence-electron chi connectivity index (χ0n) is 14.8. The smallest absolute Gasteiger partial charge is 0.341 e. The highest BCUT2D eigenvalue weighted by molar-refractivity contribution is 6.01. The lowest BCUT2D eigenvalue weighted by molar-refractivity contribution is 0.0494. The molecule has 3 nitrogen and oxygen atoms in total. The molecule has 0 aliphatic carbocycles. The zero-order chi connectivity index (χ0) is 17.2. The van der Waals surface area contributed by atoms with Crippen molar-refractivity contribution < 1.29 is 14.3 Å². The number of hydrogen-bond acceptors (Lipinski definition) is 3. The predicted molar refractivity (Wildman–Crippen MR) is 98.8 cm³/mol. The number of benzene rings is 2. The summed E-state index contributed by atoms with van der Waals surface area (Å²) in [7, 11) is 0. The lowest BCUT2D eigenvalue weighted by Gasteiger charge is -2.14. The second kappa shape index (κ2) is 9.96. The molecule has 0 aliphatic heterocycles. The van der Waals surface area contributed by atoms with Crippen LogP contribution in [0, 0.1) is 0 Å². The molecule has 0 saturated heterocycles. The van der Waals surface area contributed by atoms with Gasteiger partial charge >= 0.3 is 5.97 Å². The summed E-state index contributed by atoms with van der Waals surface area (Å²) >= 11 is 0. The van der Waals surface area contributed by atoms with E-state index in [1.807, 2.05) is 36.4 Å². The van der Waals surface area contributed by atoms with Gasteiger partial charge in [0, 0.05) is 5.39 Å². The Balaban J connectivity index is 2.18. The molecule has 0 amide bonds. The molecule has 0 heterocycles. The van der Waals surface area contributed by atoms with E-state index in [9.17, 15) is 4.79 Å². The van der Waals surface area contributed by atoms with Crippen molar-refractivity contribution in [1.29, 1.82) is 0 Å². The summed E-state index contributed by atoms with van der Waals surface area (Å²) in [5.41, 5.74) is 0.529. The summed E-state index contributed by atoms with van der Waals surface area (Å²) in [5, 5.41) is 2.04. The molecular formula is C21H28O3. The van der Waals surface area contributed by atoms with E-state index < -0.39 is 0 Å². The minimum Gasteiger partial charge on any atom is -0.492 e. The van der Waals surface area contributed by atoms with Gasteiger partial charge in [-0.25, -0.2) is 4.79 Å². The van der Waals surface area contributed by atoms with Gasteiger partial charge in [0.25, 0.3) is 0 Å². The fourth-order valence-corrected chi connectivity index (χ4v) is 2.68. The number of hydrogen-bond donors (Lipinski definition) is 0. The van der Waals surface area contributed by atoms with Gasteiger partial charge in [0.2, 0.25) is 0 Å². The highest BCUT2D eigenvalue weighted by Crippen LogP contribution is 2.30. The summed E-state index contributed by atoms with van der Waals surface area (Å²) in [4.78, 5) is 12.5. The van der Waals surface area contributed by atoms with Crippen molar-refractivity contribution in [1.82, 2.24) is 0 Å². The number of carbonyl (C=O) groups is 1. The third-order valence-corrected chi connectivity index (χ3v) is 4.07. The van der Waals surface area contributed by atoms with Crippen LogP contribution in [-0.2, 0) is 4.74 Å². The van der Waals surface area contributed by atoms with Crippen molar-refractivity contribution in [2.24, 2.45) is 0 Å². The van der Waals surface area contributed by atoms with E-state index >= 15 is 0 Å². The van der Waals surface area contributed by atoms with E-state index in [-0.39, 0.29) is 5.97 Å². The van der Waals surface area contributed by atoms with Crippen molar-refractivity contribution in [2.75, 3.05) is 13.2 Å². The van der Waals surface area contributed by atoms with E-state index in [1.165, 1.54) is 0 Å². The normalized spacial score (nSPS) is 10.8. The van der Waals surface area contributed by atoms with Crippen LogP contribution in [-0.4, -0.2) is 19.2 Å². The van der Waals surface area contributed by atoms with Crippen molar-refractivity contribution in [3.05, 3.63) is 42.0 Å². The van der Waals surface area contributed by atoms with Crippen LogP contribution >= 0.6 is 0 Å². The number of unbranched alkanes of at least 4 members (excludes halogenated alkanes) is 4. The molecule has 2 aromatic carbocycles. The minimum atomic E-state index is -0.289. The molecule has 0 bridgehead atoms. The number of rotatable bonds is 10. The number of ether oxygens (including phenoxy) is 2. The second-order valence-corrected chi connectivity index (χ2v) is 6.06. The van der Waals surface area contributed by atoms with E-state index in [1.54, 1.807) is 0 Å². The molecule has 0 radical (unpaired) electrons. The molecule has 0 saturated carbocycles. The zero-order valence-corrected chi connectivity index (χ0v) is 14.8. The Labute approximate surface area is 145 Å². The number of fused-ring (bicyclic) bond motifs is 1. The van der Waals surface area contributed by atoms with E-state index in [0.29, 0.717) is 24.5 Å². The average Bonchev–Trinajstić information content (AvgIpc) is 2.62. The molecular weight excluding hydrogens is 300 g/mol. The predicted octanol–water partition coefficient (Wildman–Crippen LogP) is 5.76. The summed E-state index contributed by atoms with van der Waals surface area (Å²) in [6, 6.07) is 11.8. The molecule has 24 heavy (non-hydrogen) atoms. The Morgan fingerprint density at radius 1 is 0.875 bits per heavy atom. The van der Waals surface area contributed by atoms with Gasteiger partial charge in [-0.2, -0.15) is 0 Å². The summed E-state index contributed by atoms with van der Waals surface area (Å²) < 4.78 is 11.4. The molecule has 0 aromatic heterocycles. The molecule has 0 spiro atoms. The quantitative estimate of drug-likeness (QED) is 0.411. The van der Waals surface area contributed by atoms with Crippen LogP contribution < -0.4 is 4.74 Å². The Hall–Kier alpha value is -2.03. The van der Waals surface area contributed by atoms with Crippen LogP contribution in [0.1, 0.15) is 62.7 Å².